The SMILES string of the molecule is C/C=C(\C)Nc1nccc(-c2ccc3ncn(C(C)C)c3c2)n1. The van der Waals surface area contributed by atoms with E-state index in [-0.39, 0.29) is 0 Å². The van der Waals surface area contributed by atoms with E-state index in [9.17, 15) is 0 Å². The van der Waals surface area contributed by atoms with Crippen LogP contribution in [0.5, 0.6) is 0 Å². The van der Waals surface area contributed by atoms with Gasteiger partial charge in [0.1, 0.15) is 0 Å². The third-order valence-electron chi connectivity index (χ3n) is 3.82. The fourth-order valence-electron chi connectivity index (χ4n) is 2.43. The zero-order valence-corrected chi connectivity index (χ0v) is 13.9. The summed E-state index contributed by atoms with van der Waals surface area (Å²) in [5.41, 5.74) is 5.10. The summed E-state index contributed by atoms with van der Waals surface area (Å²) < 4.78 is 2.17. The maximum atomic E-state index is 4.60. The van der Waals surface area contributed by atoms with Crippen molar-refractivity contribution in [2.24, 2.45) is 0 Å². The Balaban J connectivity index is 2.03. The van der Waals surface area contributed by atoms with Crippen LogP contribution in [0.4, 0.5) is 5.95 Å². The molecule has 0 unspecified atom stereocenters. The van der Waals surface area contributed by atoms with E-state index in [1.54, 1.807) is 6.20 Å². The van der Waals surface area contributed by atoms with Crippen LogP contribution in [0.2, 0.25) is 0 Å². The normalized spacial score (nSPS) is 12.1. The predicted octanol–water partition coefficient (Wildman–Crippen LogP) is 4.41. The van der Waals surface area contributed by atoms with Crippen LogP contribution in [-0.4, -0.2) is 19.5 Å². The fraction of sp³-hybridized carbons (Fsp3) is 0.278. The number of allylic oxidation sites excluding steroid dienone is 2. The van der Waals surface area contributed by atoms with Gasteiger partial charge in [0.05, 0.1) is 23.1 Å². The number of nitrogens with zero attached hydrogens (tertiary/aromatic N) is 4. The predicted molar refractivity (Wildman–Crippen MR) is 94.2 cm³/mol. The van der Waals surface area contributed by atoms with E-state index in [0.717, 1.165) is 28.0 Å². The summed E-state index contributed by atoms with van der Waals surface area (Å²) in [6.45, 7) is 8.27. The van der Waals surface area contributed by atoms with E-state index in [2.05, 4.69) is 50.8 Å². The number of hydrogen-bond acceptors (Lipinski definition) is 4. The molecule has 0 fully saturated rings. The maximum absolute atomic E-state index is 4.60. The lowest BCUT2D eigenvalue weighted by atomic mass is 10.1. The van der Waals surface area contributed by atoms with Crippen molar-refractivity contribution in [2.45, 2.75) is 33.7 Å². The monoisotopic (exact) mass is 307 g/mol. The molecular formula is C18H21N5. The van der Waals surface area contributed by atoms with Crippen LogP contribution in [-0.2, 0) is 0 Å². The Morgan fingerprint density at radius 2 is 2.04 bits per heavy atom. The van der Waals surface area contributed by atoms with Crippen LogP contribution in [0.3, 0.4) is 0 Å². The highest BCUT2D eigenvalue weighted by Gasteiger charge is 2.09. The molecule has 1 N–H and O–H groups in total. The van der Waals surface area contributed by atoms with Gasteiger partial charge in [0, 0.05) is 23.5 Å². The smallest absolute Gasteiger partial charge is 0.227 e. The topological polar surface area (TPSA) is 55.6 Å². The Morgan fingerprint density at radius 3 is 2.78 bits per heavy atom. The van der Waals surface area contributed by atoms with Crippen molar-refractivity contribution >= 4 is 17.0 Å². The van der Waals surface area contributed by atoms with E-state index in [1.807, 2.05) is 38.4 Å². The van der Waals surface area contributed by atoms with Crippen molar-refractivity contribution in [3.8, 4) is 11.3 Å². The van der Waals surface area contributed by atoms with Crippen molar-refractivity contribution in [3.63, 3.8) is 0 Å². The minimum absolute atomic E-state index is 0.371. The van der Waals surface area contributed by atoms with Gasteiger partial charge in [0.15, 0.2) is 0 Å². The van der Waals surface area contributed by atoms with Gasteiger partial charge in [-0.15, -0.1) is 0 Å². The van der Waals surface area contributed by atoms with Gasteiger partial charge >= 0.3 is 0 Å². The molecule has 0 aliphatic heterocycles. The van der Waals surface area contributed by atoms with Gasteiger partial charge in [-0.05, 0) is 45.9 Å². The molecule has 0 radical (unpaired) electrons. The molecule has 3 aromatic rings. The third kappa shape index (κ3) is 3.08. The van der Waals surface area contributed by atoms with Crippen LogP contribution < -0.4 is 5.32 Å². The molecule has 5 nitrogen and oxygen atoms in total. The molecule has 0 atom stereocenters. The number of hydrogen-bond donors (Lipinski definition) is 1. The van der Waals surface area contributed by atoms with Crippen molar-refractivity contribution in [1.29, 1.82) is 0 Å². The van der Waals surface area contributed by atoms with Gasteiger partial charge in [-0.1, -0.05) is 12.1 Å². The average Bonchev–Trinajstić information content (AvgIpc) is 2.98. The molecule has 0 amide bonds. The lowest BCUT2D eigenvalue weighted by Crippen LogP contribution is -2.01. The van der Waals surface area contributed by atoms with Crippen molar-refractivity contribution in [3.05, 3.63) is 48.6 Å². The quantitative estimate of drug-likeness (QED) is 0.775. The summed E-state index contributed by atoms with van der Waals surface area (Å²) in [5, 5.41) is 3.18. The van der Waals surface area contributed by atoms with E-state index in [4.69, 9.17) is 0 Å². The molecule has 1 aromatic carbocycles. The molecule has 3 rings (SSSR count). The minimum Gasteiger partial charge on any atom is -0.329 e. The Labute approximate surface area is 136 Å². The number of imidazole rings is 1. The van der Waals surface area contributed by atoms with Crippen LogP contribution >= 0.6 is 0 Å². The molecule has 0 spiro atoms. The minimum atomic E-state index is 0.371. The molecular weight excluding hydrogens is 286 g/mol. The summed E-state index contributed by atoms with van der Waals surface area (Å²) in [6, 6.07) is 8.52. The van der Waals surface area contributed by atoms with Crippen molar-refractivity contribution < 1.29 is 0 Å². The van der Waals surface area contributed by atoms with Crippen LogP contribution in [0.1, 0.15) is 33.7 Å². The van der Waals surface area contributed by atoms with Crippen LogP contribution in [0, 0.1) is 0 Å². The van der Waals surface area contributed by atoms with Crippen molar-refractivity contribution in [1.82, 2.24) is 19.5 Å². The van der Waals surface area contributed by atoms with Crippen molar-refractivity contribution in [2.75, 3.05) is 5.32 Å². The van der Waals surface area contributed by atoms with Gasteiger partial charge in [-0.2, -0.15) is 0 Å². The first-order chi connectivity index (χ1) is 11.1. The number of rotatable bonds is 4. The number of aromatic nitrogens is 4. The number of benzene rings is 1. The largest absolute Gasteiger partial charge is 0.329 e. The summed E-state index contributed by atoms with van der Waals surface area (Å²) in [6.07, 6.45) is 5.66. The van der Waals surface area contributed by atoms with E-state index >= 15 is 0 Å². The highest BCUT2D eigenvalue weighted by Crippen LogP contribution is 2.25. The number of anilines is 1. The summed E-state index contributed by atoms with van der Waals surface area (Å²) >= 11 is 0. The first-order valence-corrected chi connectivity index (χ1v) is 7.78. The van der Waals surface area contributed by atoms with Crippen LogP contribution in [0.15, 0.2) is 48.6 Å². The summed E-state index contributed by atoms with van der Waals surface area (Å²) in [5.74, 6) is 0.607. The lowest BCUT2D eigenvalue weighted by Gasteiger charge is -2.09. The van der Waals surface area contributed by atoms with Gasteiger partial charge in [-0.3, -0.25) is 0 Å². The molecule has 2 heterocycles. The van der Waals surface area contributed by atoms with E-state index < -0.39 is 0 Å². The zero-order valence-electron chi connectivity index (χ0n) is 13.9. The fourth-order valence-corrected chi connectivity index (χ4v) is 2.43. The molecule has 118 valence electrons. The number of fused-ring (bicyclic) bond motifs is 1. The first kappa shape index (κ1) is 15.2. The summed E-state index contributed by atoms with van der Waals surface area (Å²) in [7, 11) is 0. The number of nitrogens with one attached hydrogen (secondary N) is 1. The van der Waals surface area contributed by atoms with Gasteiger partial charge in [0.2, 0.25) is 5.95 Å². The summed E-state index contributed by atoms with van der Waals surface area (Å²) in [4.78, 5) is 13.3. The Morgan fingerprint density at radius 1 is 1.22 bits per heavy atom. The van der Waals surface area contributed by atoms with Gasteiger partial charge in [0.25, 0.3) is 0 Å². The second-order valence-corrected chi connectivity index (χ2v) is 5.81. The maximum Gasteiger partial charge on any atom is 0.227 e. The second kappa shape index (κ2) is 6.20. The third-order valence-corrected chi connectivity index (χ3v) is 3.82. The molecule has 0 bridgehead atoms. The molecule has 0 saturated heterocycles. The van der Waals surface area contributed by atoms with Gasteiger partial charge in [-0.25, -0.2) is 15.0 Å². The molecule has 0 saturated carbocycles. The average molecular weight is 307 g/mol. The van der Waals surface area contributed by atoms with E-state index in [0.29, 0.717) is 12.0 Å². The molecule has 0 aliphatic carbocycles. The molecule has 2 aromatic heterocycles. The standard InChI is InChI=1S/C18H21N5/c1-5-13(4)21-18-19-9-8-15(22-18)14-6-7-16-17(10-14)23(11-20-16)12(2)3/h5-12H,1-4H3,(H,19,21,22)/b13-5+. The highest BCUT2D eigenvalue weighted by atomic mass is 15.1. The Kier molecular flexibility index (Phi) is 4.10. The van der Waals surface area contributed by atoms with Gasteiger partial charge < -0.3 is 9.88 Å². The van der Waals surface area contributed by atoms with E-state index in [1.165, 1.54) is 0 Å². The van der Waals surface area contributed by atoms with Crippen LogP contribution in [0.25, 0.3) is 22.3 Å². The highest BCUT2D eigenvalue weighted by molar-refractivity contribution is 5.81. The Bertz CT molecular complexity index is 861. The molecule has 5 heteroatoms. The zero-order chi connectivity index (χ0) is 16.4. The Hall–Kier alpha value is -2.69. The molecule has 0 aliphatic rings. The first-order valence-electron chi connectivity index (χ1n) is 7.78. The second-order valence-electron chi connectivity index (χ2n) is 5.81. The molecule has 23 heavy (non-hydrogen) atoms. The lowest BCUT2D eigenvalue weighted by molar-refractivity contribution is 0.617.